The van der Waals surface area contributed by atoms with Gasteiger partial charge in [0.25, 0.3) is 5.91 Å². The highest BCUT2D eigenvalue weighted by Crippen LogP contribution is 2.30. The highest BCUT2D eigenvalue weighted by molar-refractivity contribution is 7.18. The first-order chi connectivity index (χ1) is 17.9. The number of halogens is 4. The first-order valence-corrected chi connectivity index (χ1v) is 12.3. The zero-order valence-corrected chi connectivity index (χ0v) is 20.8. The third-order valence-electron chi connectivity index (χ3n) is 5.91. The summed E-state index contributed by atoms with van der Waals surface area (Å²) in [7, 11) is 0. The summed E-state index contributed by atoms with van der Waals surface area (Å²) in [6, 6.07) is 6.91. The van der Waals surface area contributed by atoms with E-state index in [1.54, 1.807) is 16.3 Å². The summed E-state index contributed by atoms with van der Waals surface area (Å²) in [6.07, 6.45) is -6.24. The number of amides is 4. The number of carbonyl (C=O) groups excluding carboxylic acids is 4. The number of nitrogens with one attached hydrogen (secondary N) is 2. The lowest BCUT2D eigenvalue weighted by Gasteiger charge is -2.36. The van der Waals surface area contributed by atoms with Crippen molar-refractivity contribution in [3.63, 3.8) is 0 Å². The van der Waals surface area contributed by atoms with Crippen LogP contribution in [-0.2, 0) is 14.3 Å². The van der Waals surface area contributed by atoms with E-state index in [1.807, 2.05) is 0 Å². The van der Waals surface area contributed by atoms with Gasteiger partial charge in [0.2, 0.25) is 5.91 Å². The van der Waals surface area contributed by atoms with Crippen LogP contribution in [0.3, 0.4) is 0 Å². The SMILES string of the molecule is CC(=O)NC[C@H]1CN(c2ccc(N3CCN(C(=O)c4ccc(NC(=O)C(F)(F)F)s4)CC3)c(F)c2)C(=O)O1. The zero-order valence-electron chi connectivity index (χ0n) is 20.0. The fourth-order valence-corrected chi connectivity index (χ4v) is 4.89. The fraction of sp³-hybridized carbons (Fsp3) is 0.391. The summed E-state index contributed by atoms with van der Waals surface area (Å²) in [6.45, 7) is 2.74. The van der Waals surface area contributed by atoms with E-state index in [2.05, 4.69) is 5.32 Å². The lowest BCUT2D eigenvalue weighted by molar-refractivity contribution is -0.167. The first kappa shape index (κ1) is 27.2. The first-order valence-electron chi connectivity index (χ1n) is 11.5. The predicted molar refractivity (Wildman–Crippen MR) is 130 cm³/mol. The number of benzene rings is 1. The second kappa shape index (κ2) is 10.8. The van der Waals surface area contributed by atoms with Gasteiger partial charge in [-0.05, 0) is 30.3 Å². The number of carbonyl (C=O) groups is 4. The number of piperazine rings is 1. The molecule has 204 valence electrons. The minimum Gasteiger partial charge on any atom is -0.442 e. The molecule has 2 saturated heterocycles. The van der Waals surface area contributed by atoms with Gasteiger partial charge in [-0.3, -0.25) is 19.3 Å². The van der Waals surface area contributed by atoms with Crippen molar-refractivity contribution in [1.82, 2.24) is 10.2 Å². The van der Waals surface area contributed by atoms with E-state index in [4.69, 9.17) is 4.74 Å². The standard InChI is InChI=1S/C23H23F4N5O5S/c1-13(33)28-11-15-12-32(22(36)37-15)14-2-3-17(16(24)10-14)30-6-8-31(9-7-30)20(34)18-4-5-19(38-18)29-21(35)23(25,26)27/h2-5,10,15H,6-9,11-12H2,1H3,(H,28,33)(H,29,35)/t15-/m0/s1. The van der Waals surface area contributed by atoms with E-state index in [0.29, 0.717) is 18.8 Å². The molecule has 1 aromatic carbocycles. The van der Waals surface area contributed by atoms with E-state index in [1.165, 1.54) is 41.0 Å². The van der Waals surface area contributed by atoms with Gasteiger partial charge in [0, 0.05) is 33.1 Å². The Hall–Kier alpha value is -3.88. The van der Waals surface area contributed by atoms with Gasteiger partial charge in [-0.2, -0.15) is 13.2 Å². The second-order valence-electron chi connectivity index (χ2n) is 8.58. The molecule has 0 aliphatic carbocycles. The molecule has 0 radical (unpaired) electrons. The van der Waals surface area contributed by atoms with Crippen LogP contribution in [0, 0.1) is 5.82 Å². The van der Waals surface area contributed by atoms with Crippen LogP contribution in [0.4, 0.5) is 38.7 Å². The van der Waals surface area contributed by atoms with Crippen molar-refractivity contribution < 1.29 is 41.5 Å². The molecule has 1 atom stereocenters. The number of anilines is 3. The average Bonchev–Trinajstić information content (AvgIpc) is 3.48. The van der Waals surface area contributed by atoms with Gasteiger partial charge in [0.05, 0.1) is 34.3 Å². The molecule has 2 aromatic rings. The number of hydrogen-bond acceptors (Lipinski definition) is 7. The molecular weight excluding hydrogens is 534 g/mol. The molecule has 38 heavy (non-hydrogen) atoms. The number of rotatable bonds is 6. The fourth-order valence-electron chi connectivity index (χ4n) is 4.03. The Morgan fingerprint density at radius 1 is 1.11 bits per heavy atom. The van der Waals surface area contributed by atoms with Crippen molar-refractivity contribution in [2.45, 2.75) is 19.2 Å². The summed E-state index contributed by atoms with van der Waals surface area (Å²) in [4.78, 5) is 51.8. The molecule has 2 aliphatic heterocycles. The maximum atomic E-state index is 15.0. The molecule has 4 amide bonds. The maximum absolute atomic E-state index is 15.0. The smallest absolute Gasteiger partial charge is 0.442 e. The molecule has 10 nitrogen and oxygen atoms in total. The van der Waals surface area contributed by atoms with Gasteiger partial charge in [0.1, 0.15) is 11.9 Å². The summed E-state index contributed by atoms with van der Waals surface area (Å²) in [5.74, 6) is -3.35. The number of alkyl halides is 3. The molecule has 4 rings (SSSR count). The Kier molecular flexibility index (Phi) is 7.76. The van der Waals surface area contributed by atoms with Gasteiger partial charge in [0.15, 0.2) is 0 Å². The van der Waals surface area contributed by atoms with Crippen molar-refractivity contribution >= 4 is 51.5 Å². The third kappa shape index (κ3) is 6.15. The topological polar surface area (TPSA) is 111 Å². The average molecular weight is 558 g/mol. The Morgan fingerprint density at radius 2 is 1.82 bits per heavy atom. The van der Waals surface area contributed by atoms with Crippen molar-refractivity contribution in [2.24, 2.45) is 0 Å². The van der Waals surface area contributed by atoms with E-state index >= 15 is 4.39 Å². The number of nitrogens with zero attached hydrogens (tertiary/aromatic N) is 3. The van der Waals surface area contributed by atoms with Gasteiger partial charge in [-0.25, -0.2) is 9.18 Å². The molecule has 2 aliphatic rings. The second-order valence-corrected chi connectivity index (χ2v) is 9.67. The summed E-state index contributed by atoms with van der Waals surface area (Å²) >= 11 is 0.737. The molecular formula is C23H23F4N5O5S. The highest BCUT2D eigenvalue weighted by Gasteiger charge is 2.39. The summed E-state index contributed by atoms with van der Waals surface area (Å²) in [5.41, 5.74) is 0.595. The van der Waals surface area contributed by atoms with Crippen molar-refractivity contribution in [2.75, 3.05) is 54.4 Å². The van der Waals surface area contributed by atoms with E-state index < -0.39 is 36.0 Å². The van der Waals surface area contributed by atoms with Crippen molar-refractivity contribution in [3.8, 4) is 0 Å². The zero-order chi connectivity index (χ0) is 27.6. The lowest BCUT2D eigenvalue weighted by atomic mass is 10.2. The Balaban J connectivity index is 1.33. The molecule has 0 unspecified atom stereocenters. The van der Waals surface area contributed by atoms with Crippen LogP contribution >= 0.6 is 11.3 Å². The Morgan fingerprint density at radius 3 is 2.45 bits per heavy atom. The van der Waals surface area contributed by atoms with Crippen molar-refractivity contribution in [1.29, 1.82) is 0 Å². The van der Waals surface area contributed by atoms with Gasteiger partial charge < -0.3 is 25.2 Å². The number of hydrogen-bond donors (Lipinski definition) is 2. The Bertz CT molecular complexity index is 1250. The third-order valence-corrected chi connectivity index (χ3v) is 6.90. The molecule has 15 heteroatoms. The quantitative estimate of drug-likeness (QED) is 0.529. The largest absolute Gasteiger partial charge is 0.471 e. The maximum Gasteiger partial charge on any atom is 0.471 e. The normalized spacial score (nSPS) is 17.9. The van der Waals surface area contributed by atoms with E-state index in [-0.39, 0.29) is 47.7 Å². The number of cyclic esters (lactones) is 1. The van der Waals surface area contributed by atoms with Crippen molar-refractivity contribution in [3.05, 3.63) is 41.0 Å². The van der Waals surface area contributed by atoms with E-state index in [9.17, 15) is 32.3 Å². The molecule has 3 heterocycles. The predicted octanol–water partition coefficient (Wildman–Crippen LogP) is 2.81. The molecule has 2 N–H and O–H groups in total. The van der Waals surface area contributed by atoms with Crippen LogP contribution < -0.4 is 20.4 Å². The minimum absolute atomic E-state index is 0.0974. The monoisotopic (exact) mass is 557 g/mol. The highest BCUT2D eigenvalue weighted by atomic mass is 32.1. The van der Waals surface area contributed by atoms with Crippen LogP contribution in [0.2, 0.25) is 0 Å². The van der Waals surface area contributed by atoms with Crippen LogP contribution in [0.1, 0.15) is 16.6 Å². The van der Waals surface area contributed by atoms with Crippen LogP contribution in [0.15, 0.2) is 30.3 Å². The van der Waals surface area contributed by atoms with Crippen LogP contribution in [-0.4, -0.2) is 80.3 Å². The molecule has 0 saturated carbocycles. The molecule has 0 spiro atoms. The van der Waals surface area contributed by atoms with Gasteiger partial charge in [-0.1, -0.05) is 0 Å². The molecule has 1 aromatic heterocycles. The minimum atomic E-state index is -5.04. The van der Waals surface area contributed by atoms with Crippen LogP contribution in [0.25, 0.3) is 0 Å². The van der Waals surface area contributed by atoms with E-state index in [0.717, 1.165) is 11.3 Å². The summed E-state index contributed by atoms with van der Waals surface area (Å²) < 4.78 is 57.5. The van der Waals surface area contributed by atoms with Gasteiger partial charge >= 0.3 is 18.2 Å². The van der Waals surface area contributed by atoms with Crippen LogP contribution in [0.5, 0.6) is 0 Å². The number of ether oxygens (including phenoxy) is 1. The molecule has 2 fully saturated rings. The summed E-state index contributed by atoms with van der Waals surface area (Å²) in [5, 5.41) is 4.19. The number of thiophene rings is 1. The molecule has 0 bridgehead atoms. The van der Waals surface area contributed by atoms with Gasteiger partial charge in [-0.15, -0.1) is 11.3 Å². The lowest BCUT2D eigenvalue weighted by Crippen LogP contribution is -2.48. The Labute approximate surface area is 218 Å².